The molecular weight excluding hydrogens is 432 g/mol. The Morgan fingerprint density at radius 1 is 1.10 bits per heavy atom. The molecule has 0 unspecified atom stereocenters. The van der Waals surface area contributed by atoms with Gasteiger partial charge in [0.25, 0.3) is 11.8 Å². The van der Waals surface area contributed by atoms with E-state index in [4.69, 9.17) is 17.0 Å². The number of amides is 2. The maximum Gasteiger partial charge on any atom is 0.338 e. The molecule has 1 N–H and O–H groups in total. The van der Waals surface area contributed by atoms with Gasteiger partial charge >= 0.3 is 5.97 Å². The van der Waals surface area contributed by atoms with Crippen molar-refractivity contribution in [1.82, 2.24) is 4.90 Å². The summed E-state index contributed by atoms with van der Waals surface area (Å²) in [6.45, 7) is 2.43. The van der Waals surface area contributed by atoms with Crippen LogP contribution >= 0.6 is 24.0 Å². The lowest BCUT2D eigenvalue weighted by Crippen LogP contribution is -2.22. The molecule has 0 aliphatic carbocycles. The number of hydrogen-bond donors (Lipinski definition) is 1. The van der Waals surface area contributed by atoms with Gasteiger partial charge in [0.1, 0.15) is 4.32 Å². The number of hydrogen-bond acceptors (Lipinski definition) is 6. The van der Waals surface area contributed by atoms with Crippen molar-refractivity contribution in [2.75, 3.05) is 19.0 Å². The van der Waals surface area contributed by atoms with Crippen molar-refractivity contribution in [3.05, 3.63) is 70.1 Å². The molecule has 0 aromatic heterocycles. The first-order chi connectivity index (χ1) is 14.9. The number of ether oxygens (including phenoxy) is 1. The van der Waals surface area contributed by atoms with E-state index < -0.39 is 0 Å². The number of nitrogens with one attached hydrogen (secondary N) is 1. The van der Waals surface area contributed by atoms with Crippen molar-refractivity contribution in [1.29, 1.82) is 0 Å². The minimum Gasteiger partial charge on any atom is -0.462 e. The number of unbranched alkanes of at least 4 members (excludes halogenated alkanes) is 1. The van der Waals surface area contributed by atoms with Crippen molar-refractivity contribution in [2.45, 2.75) is 19.8 Å². The molecule has 0 radical (unpaired) electrons. The molecule has 31 heavy (non-hydrogen) atoms. The molecule has 0 bridgehead atoms. The highest BCUT2D eigenvalue weighted by Gasteiger charge is 2.28. The quantitative estimate of drug-likeness (QED) is 0.282. The molecule has 160 valence electrons. The van der Waals surface area contributed by atoms with Crippen molar-refractivity contribution in [2.24, 2.45) is 0 Å². The lowest BCUT2D eigenvalue weighted by atomic mass is 10.1. The number of rotatable bonds is 7. The third-order valence-corrected chi connectivity index (χ3v) is 6.05. The molecule has 2 amide bonds. The summed E-state index contributed by atoms with van der Waals surface area (Å²) in [6, 6.07) is 13.5. The molecule has 1 fully saturated rings. The molecule has 8 heteroatoms. The average molecular weight is 455 g/mol. The first-order valence-electron chi connectivity index (χ1n) is 9.79. The second kappa shape index (κ2) is 10.4. The van der Waals surface area contributed by atoms with Gasteiger partial charge in [0.05, 0.1) is 17.1 Å². The van der Waals surface area contributed by atoms with Gasteiger partial charge in [-0.15, -0.1) is 0 Å². The summed E-state index contributed by atoms with van der Waals surface area (Å²) in [5, 5.41) is 2.80. The minimum absolute atomic E-state index is 0.130. The molecular formula is C23H22N2O4S2. The number of carbonyl (C=O) groups is 3. The monoisotopic (exact) mass is 454 g/mol. The van der Waals surface area contributed by atoms with Crippen molar-refractivity contribution in [3.63, 3.8) is 0 Å². The zero-order valence-electron chi connectivity index (χ0n) is 17.2. The van der Waals surface area contributed by atoms with Crippen molar-refractivity contribution in [3.8, 4) is 0 Å². The SMILES string of the molecule is CCCCOC(=O)c1ccc(NC(=O)c2ccc(/C=C3\SC(=S)N(C)C3=O)cc2)cc1. The number of likely N-dealkylation sites (N-methyl/N-ethyl adjacent to an activating group) is 1. The Kier molecular flexibility index (Phi) is 7.59. The predicted molar refractivity (Wildman–Crippen MR) is 127 cm³/mol. The van der Waals surface area contributed by atoms with E-state index in [0.717, 1.165) is 18.4 Å². The Balaban J connectivity index is 1.60. The Hall–Kier alpha value is -2.97. The van der Waals surface area contributed by atoms with Gasteiger partial charge in [0.2, 0.25) is 0 Å². The van der Waals surface area contributed by atoms with Crippen LogP contribution in [0.5, 0.6) is 0 Å². The van der Waals surface area contributed by atoms with E-state index in [-0.39, 0.29) is 17.8 Å². The van der Waals surface area contributed by atoms with E-state index in [0.29, 0.717) is 32.6 Å². The number of carbonyl (C=O) groups excluding carboxylic acids is 3. The normalized spacial score (nSPS) is 14.8. The van der Waals surface area contributed by atoms with Gasteiger partial charge in [-0.2, -0.15) is 0 Å². The van der Waals surface area contributed by atoms with Crippen LogP contribution in [0.4, 0.5) is 5.69 Å². The number of nitrogens with zero attached hydrogens (tertiary/aromatic N) is 1. The maximum atomic E-state index is 12.5. The molecule has 2 aromatic rings. The Bertz CT molecular complexity index is 1030. The topological polar surface area (TPSA) is 75.7 Å². The number of thioether (sulfide) groups is 1. The molecule has 6 nitrogen and oxygen atoms in total. The molecule has 1 heterocycles. The molecule has 0 spiro atoms. The fourth-order valence-corrected chi connectivity index (χ4v) is 3.89. The number of thiocarbonyl (C=S) groups is 1. The van der Waals surface area contributed by atoms with Crippen LogP contribution in [0.25, 0.3) is 6.08 Å². The van der Waals surface area contributed by atoms with Gasteiger partial charge in [0.15, 0.2) is 0 Å². The maximum absolute atomic E-state index is 12.5. The Morgan fingerprint density at radius 3 is 2.32 bits per heavy atom. The van der Waals surface area contributed by atoms with Gasteiger partial charge in [-0.25, -0.2) is 4.79 Å². The van der Waals surface area contributed by atoms with E-state index in [1.165, 1.54) is 16.7 Å². The van der Waals surface area contributed by atoms with Crippen LogP contribution in [0, 0.1) is 0 Å². The largest absolute Gasteiger partial charge is 0.462 e. The van der Waals surface area contributed by atoms with E-state index in [9.17, 15) is 14.4 Å². The van der Waals surface area contributed by atoms with Gasteiger partial charge in [0, 0.05) is 18.3 Å². The lowest BCUT2D eigenvalue weighted by Gasteiger charge is -2.07. The van der Waals surface area contributed by atoms with Gasteiger partial charge in [-0.05, 0) is 54.5 Å². The summed E-state index contributed by atoms with van der Waals surface area (Å²) >= 11 is 6.38. The second-order valence-corrected chi connectivity index (χ2v) is 8.56. The van der Waals surface area contributed by atoms with Crippen molar-refractivity contribution < 1.29 is 19.1 Å². The molecule has 3 rings (SSSR count). The first-order valence-corrected chi connectivity index (χ1v) is 11.0. The summed E-state index contributed by atoms with van der Waals surface area (Å²) in [5.74, 6) is -0.777. The summed E-state index contributed by atoms with van der Waals surface area (Å²) in [6.07, 6.45) is 3.54. The third-order valence-electron chi connectivity index (χ3n) is 4.57. The summed E-state index contributed by atoms with van der Waals surface area (Å²) in [5.41, 5.74) is 2.29. The zero-order valence-corrected chi connectivity index (χ0v) is 18.8. The number of anilines is 1. The lowest BCUT2D eigenvalue weighted by molar-refractivity contribution is -0.121. The fraction of sp³-hybridized carbons (Fsp3) is 0.217. The standard InChI is InChI=1S/C23H22N2O4S2/c1-3-4-13-29-22(28)17-9-11-18(12-10-17)24-20(26)16-7-5-15(6-8-16)14-19-21(27)25(2)23(30)31-19/h5-12,14H,3-4,13H2,1-2H3,(H,24,26)/b19-14-. The van der Waals surface area contributed by atoms with Crippen molar-refractivity contribution >= 4 is 57.8 Å². The molecule has 2 aromatic carbocycles. The highest BCUT2D eigenvalue weighted by Crippen LogP contribution is 2.31. The summed E-state index contributed by atoms with van der Waals surface area (Å²) in [4.78, 5) is 38.5. The van der Waals surface area contributed by atoms with Gasteiger partial charge in [-0.1, -0.05) is 49.5 Å². The predicted octanol–water partition coefficient (Wildman–Crippen LogP) is 4.73. The average Bonchev–Trinajstić information content (AvgIpc) is 3.01. The highest BCUT2D eigenvalue weighted by atomic mass is 32.2. The van der Waals surface area contributed by atoms with Crippen LogP contribution in [0.3, 0.4) is 0 Å². The zero-order chi connectivity index (χ0) is 22.4. The number of benzene rings is 2. The van der Waals surface area contributed by atoms with Crippen LogP contribution in [0.2, 0.25) is 0 Å². The van der Waals surface area contributed by atoms with E-state index in [1.807, 2.05) is 6.92 Å². The molecule has 1 saturated heterocycles. The first kappa shape index (κ1) is 22.7. The molecule has 1 aliphatic heterocycles. The van der Waals surface area contributed by atoms with Gasteiger partial charge in [-0.3, -0.25) is 14.5 Å². The summed E-state index contributed by atoms with van der Waals surface area (Å²) in [7, 11) is 1.65. The highest BCUT2D eigenvalue weighted by molar-refractivity contribution is 8.26. The third kappa shape index (κ3) is 5.80. The smallest absolute Gasteiger partial charge is 0.338 e. The fourth-order valence-electron chi connectivity index (χ4n) is 2.71. The van der Waals surface area contributed by atoms with Crippen LogP contribution in [-0.4, -0.2) is 40.7 Å². The molecule has 0 atom stereocenters. The van der Waals surface area contributed by atoms with E-state index in [2.05, 4.69) is 5.32 Å². The van der Waals surface area contributed by atoms with E-state index >= 15 is 0 Å². The second-order valence-electron chi connectivity index (χ2n) is 6.88. The Labute approximate surface area is 190 Å². The molecule has 1 aliphatic rings. The minimum atomic E-state index is -0.373. The van der Waals surface area contributed by atoms with Crippen LogP contribution in [0.1, 0.15) is 46.0 Å². The summed E-state index contributed by atoms with van der Waals surface area (Å²) < 4.78 is 5.69. The van der Waals surface area contributed by atoms with Gasteiger partial charge < -0.3 is 10.1 Å². The Morgan fingerprint density at radius 2 is 1.74 bits per heavy atom. The van der Waals surface area contributed by atoms with Crippen LogP contribution < -0.4 is 5.32 Å². The van der Waals surface area contributed by atoms with Crippen LogP contribution in [-0.2, 0) is 9.53 Å². The van der Waals surface area contributed by atoms with Crippen LogP contribution in [0.15, 0.2) is 53.4 Å². The number of esters is 1. The molecule has 0 saturated carbocycles. The van der Waals surface area contributed by atoms with E-state index in [1.54, 1.807) is 61.7 Å².